The number of hydrogen-bond acceptors (Lipinski definition) is 3. The first-order valence-corrected chi connectivity index (χ1v) is 8.16. The van der Waals surface area contributed by atoms with Crippen molar-refractivity contribution in [2.75, 3.05) is 10.6 Å². The van der Waals surface area contributed by atoms with Gasteiger partial charge in [0.1, 0.15) is 0 Å². The van der Waals surface area contributed by atoms with E-state index in [1.807, 2.05) is 84.9 Å². The maximum Gasteiger partial charge on any atom is 0.269 e. The van der Waals surface area contributed by atoms with Crippen molar-refractivity contribution in [1.82, 2.24) is 0 Å². The number of anilines is 2. The van der Waals surface area contributed by atoms with Gasteiger partial charge in [0.15, 0.2) is 6.17 Å². The third-order valence-electron chi connectivity index (χ3n) is 4.07. The second-order valence-electron chi connectivity index (χ2n) is 5.79. The van der Waals surface area contributed by atoms with Crippen LogP contribution >= 0.6 is 0 Å². The van der Waals surface area contributed by atoms with Gasteiger partial charge in [0, 0.05) is 16.8 Å². The van der Waals surface area contributed by atoms with Gasteiger partial charge in [0.25, 0.3) is 5.91 Å². The van der Waals surface area contributed by atoms with Gasteiger partial charge in [-0.15, -0.1) is 0 Å². The summed E-state index contributed by atoms with van der Waals surface area (Å²) < 4.78 is 0. The zero-order valence-electron chi connectivity index (χ0n) is 13.5. The third-order valence-corrected chi connectivity index (χ3v) is 4.07. The van der Waals surface area contributed by atoms with Crippen LogP contribution in [-0.2, 0) is 4.79 Å². The van der Waals surface area contributed by atoms with Crippen LogP contribution in [0.4, 0.5) is 11.4 Å². The number of benzene rings is 3. The van der Waals surface area contributed by atoms with Crippen molar-refractivity contribution < 1.29 is 4.79 Å². The quantitative estimate of drug-likeness (QED) is 0.766. The number of amides is 1. The van der Waals surface area contributed by atoms with E-state index in [0.717, 1.165) is 28.2 Å². The molecule has 1 aliphatic rings. The number of nitrogens with zero attached hydrogens (tertiary/aromatic N) is 1. The average molecular weight is 327 g/mol. The van der Waals surface area contributed by atoms with Crippen molar-refractivity contribution in [2.45, 2.75) is 6.17 Å². The Hall–Kier alpha value is -3.40. The molecule has 0 bridgehead atoms. The zero-order valence-corrected chi connectivity index (χ0v) is 13.5. The first kappa shape index (κ1) is 15.1. The van der Waals surface area contributed by atoms with E-state index in [4.69, 9.17) is 4.99 Å². The first-order chi connectivity index (χ1) is 12.3. The molecular weight excluding hydrogens is 310 g/mol. The molecule has 0 radical (unpaired) electrons. The summed E-state index contributed by atoms with van der Waals surface area (Å²) in [7, 11) is 0. The predicted octanol–water partition coefficient (Wildman–Crippen LogP) is 3.91. The SMILES string of the molecule is O=C1Nc2ccccc2C(c2ccccc2)=NC1Nc1ccccc1. The summed E-state index contributed by atoms with van der Waals surface area (Å²) in [5, 5.41) is 6.18. The molecule has 0 saturated heterocycles. The van der Waals surface area contributed by atoms with E-state index in [1.54, 1.807) is 0 Å². The fourth-order valence-electron chi connectivity index (χ4n) is 2.87. The Morgan fingerprint density at radius 1 is 0.800 bits per heavy atom. The molecule has 122 valence electrons. The molecule has 4 nitrogen and oxygen atoms in total. The normalized spacial score (nSPS) is 16.2. The summed E-state index contributed by atoms with van der Waals surface area (Å²) in [5.74, 6) is -0.178. The summed E-state index contributed by atoms with van der Waals surface area (Å²) in [6.45, 7) is 0. The number of nitrogens with one attached hydrogen (secondary N) is 2. The van der Waals surface area contributed by atoms with Crippen molar-refractivity contribution >= 4 is 23.0 Å². The lowest BCUT2D eigenvalue weighted by Gasteiger charge is -2.14. The van der Waals surface area contributed by atoms with Gasteiger partial charge in [0.2, 0.25) is 0 Å². The Labute approximate surface area is 146 Å². The van der Waals surface area contributed by atoms with E-state index in [0.29, 0.717) is 0 Å². The largest absolute Gasteiger partial charge is 0.356 e. The van der Waals surface area contributed by atoms with Gasteiger partial charge in [-0.1, -0.05) is 66.7 Å². The monoisotopic (exact) mass is 327 g/mol. The topological polar surface area (TPSA) is 53.5 Å². The maximum absolute atomic E-state index is 12.7. The zero-order chi connectivity index (χ0) is 17.1. The van der Waals surface area contributed by atoms with Crippen molar-refractivity contribution in [3.8, 4) is 0 Å². The van der Waals surface area contributed by atoms with Crippen LogP contribution in [0.2, 0.25) is 0 Å². The lowest BCUT2D eigenvalue weighted by Crippen LogP contribution is -2.32. The standard InChI is InChI=1S/C21H17N3O/c25-21-20(22-16-11-5-2-6-12-16)24-19(15-9-3-1-4-10-15)17-13-7-8-14-18(17)23-21/h1-14,20,22H,(H,23,25). The molecule has 4 rings (SSSR count). The highest BCUT2D eigenvalue weighted by Crippen LogP contribution is 2.24. The fraction of sp³-hybridized carbons (Fsp3) is 0.0476. The molecule has 3 aromatic carbocycles. The molecule has 25 heavy (non-hydrogen) atoms. The number of fused-ring (bicyclic) bond motifs is 1. The van der Waals surface area contributed by atoms with Gasteiger partial charge < -0.3 is 10.6 Å². The Kier molecular flexibility index (Phi) is 4.01. The molecular formula is C21H17N3O. The van der Waals surface area contributed by atoms with Gasteiger partial charge in [-0.2, -0.15) is 0 Å². The summed E-state index contributed by atoms with van der Waals surface area (Å²) in [6.07, 6.45) is -0.704. The molecule has 0 aromatic heterocycles. The van der Waals surface area contributed by atoms with E-state index < -0.39 is 6.17 Å². The molecule has 1 unspecified atom stereocenters. The molecule has 4 heteroatoms. The Morgan fingerprint density at radius 3 is 2.20 bits per heavy atom. The van der Waals surface area contributed by atoms with E-state index >= 15 is 0 Å². The minimum Gasteiger partial charge on any atom is -0.356 e. The first-order valence-electron chi connectivity index (χ1n) is 8.16. The van der Waals surface area contributed by atoms with E-state index in [-0.39, 0.29) is 5.91 Å². The van der Waals surface area contributed by atoms with Crippen molar-refractivity contribution in [3.63, 3.8) is 0 Å². The molecule has 1 heterocycles. The lowest BCUT2D eigenvalue weighted by molar-refractivity contribution is -0.116. The highest BCUT2D eigenvalue weighted by molar-refractivity contribution is 6.19. The molecule has 1 amide bonds. The number of hydrogen-bond donors (Lipinski definition) is 2. The van der Waals surface area contributed by atoms with Crippen LogP contribution in [0.3, 0.4) is 0 Å². The van der Waals surface area contributed by atoms with Crippen LogP contribution in [0.1, 0.15) is 11.1 Å². The van der Waals surface area contributed by atoms with Gasteiger partial charge in [-0.05, 0) is 18.2 Å². The van der Waals surface area contributed by atoms with Crippen molar-refractivity contribution in [2.24, 2.45) is 4.99 Å². The van der Waals surface area contributed by atoms with Crippen LogP contribution in [0, 0.1) is 0 Å². The lowest BCUT2D eigenvalue weighted by atomic mass is 10.0. The summed E-state index contributed by atoms with van der Waals surface area (Å²) in [5.41, 5.74) is 4.31. The smallest absolute Gasteiger partial charge is 0.269 e. The Morgan fingerprint density at radius 2 is 1.44 bits per heavy atom. The van der Waals surface area contributed by atoms with Crippen LogP contribution in [-0.4, -0.2) is 17.8 Å². The van der Waals surface area contributed by atoms with Gasteiger partial charge in [-0.3, -0.25) is 4.79 Å². The highest BCUT2D eigenvalue weighted by atomic mass is 16.2. The second-order valence-corrected chi connectivity index (χ2v) is 5.79. The molecule has 1 atom stereocenters. The van der Waals surface area contributed by atoms with Crippen LogP contribution < -0.4 is 10.6 Å². The van der Waals surface area contributed by atoms with Crippen molar-refractivity contribution in [3.05, 3.63) is 96.1 Å². The van der Waals surface area contributed by atoms with Gasteiger partial charge in [0.05, 0.1) is 11.4 Å². The number of para-hydroxylation sites is 2. The second kappa shape index (κ2) is 6.61. The maximum atomic E-state index is 12.7. The molecule has 0 saturated carbocycles. The molecule has 0 aliphatic carbocycles. The van der Waals surface area contributed by atoms with Gasteiger partial charge >= 0.3 is 0 Å². The van der Waals surface area contributed by atoms with Crippen molar-refractivity contribution in [1.29, 1.82) is 0 Å². The van der Waals surface area contributed by atoms with Crippen LogP contribution in [0.25, 0.3) is 0 Å². The minimum absolute atomic E-state index is 0.178. The Balaban J connectivity index is 1.80. The number of carbonyl (C=O) groups is 1. The summed E-state index contributed by atoms with van der Waals surface area (Å²) in [4.78, 5) is 17.4. The number of benzodiazepines with no additional fused rings is 1. The number of carbonyl (C=O) groups excluding carboxylic acids is 1. The van der Waals surface area contributed by atoms with Gasteiger partial charge in [-0.25, -0.2) is 4.99 Å². The van der Waals surface area contributed by atoms with Crippen LogP contribution in [0.5, 0.6) is 0 Å². The van der Waals surface area contributed by atoms with E-state index in [2.05, 4.69) is 10.6 Å². The molecule has 1 aliphatic heterocycles. The number of aliphatic imine (C=N–C) groups is 1. The summed E-state index contributed by atoms with van der Waals surface area (Å²) in [6, 6.07) is 27.3. The Bertz CT molecular complexity index is 920. The molecule has 0 fully saturated rings. The molecule has 2 N–H and O–H groups in total. The molecule has 3 aromatic rings. The van der Waals surface area contributed by atoms with Crippen LogP contribution in [0.15, 0.2) is 89.9 Å². The third kappa shape index (κ3) is 3.15. The fourth-order valence-corrected chi connectivity index (χ4v) is 2.87. The van der Waals surface area contributed by atoms with E-state index in [1.165, 1.54) is 0 Å². The highest BCUT2D eigenvalue weighted by Gasteiger charge is 2.25. The summed E-state index contributed by atoms with van der Waals surface area (Å²) >= 11 is 0. The van der Waals surface area contributed by atoms with E-state index in [9.17, 15) is 4.79 Å². The number of rotatable bonds is 3. The predicted molar refractivity (Wildman–Crippen MR) is 101 cm³/mol. The molecule has 0 spiro atoms. The minimum atomic E-state index is -0.704. The average Bonchev–Trinajstić information content (AvgIpc) is 2.80.